The van der Waals surface area contributed by atoms with E-state index in [1.165, 1.54) is 24.0 Å². The second-order valence-corrected chi connectivity index (χ2v) is 9.30. The fraction of sp³-hybridized carbons (Fsp3) is 0.538. The molecule has 0 radical (unpaired) electrons. The maximum atomic E-state index is 4.71. The highest BCUT2D eigenvalue weighted by Gasteiger charge is 2.20. The van der Waals surface area contributed by atoms with Gasteiger partial charge < -0.3 is 15.5 Å². The van der Waals surface area contributed by atoms with Gasteiger partial charge in [-0.1, -0.05) is 43.3 Å². The zero-order chi connectivity index (χ0) is 22.2. The third-order valence-electron chi connectivity index (χ3n) is 6.78. The van der Waals surface area contributed by atoms with Crippen molar-refractivity contribution in [1.29, 1.82) is 0 Å². The molecule has 2 aromatic rings. The number of hydrogen-bond acceptors (Lipinski definition) is 4. The van der Waals surface area contributed by atoms with Crippen molar-refractivity contribution in [2.24, 2.45) is 10.9 Å². The Labute approximate surface area is 193 Å². The lowest BCUT2D eigenvalue weighted by Gasteiger charge is -2.33. The Morgan fingerprint density at radius 3 is 2.38 bits per heavy atom. The van der Waals surface area contributed by atoms with Gasteiger partial charge in [-0.2, -0.15) is 0 Å². The van der Waals surface area contributed by atoms with Crippen molar-refractivity contribution in [3.63, 3.8) is 0 Å². The minimum absolute atomic E-state index is 0.468. The van der Waals surface area contributed by atoms with Crippen LogP contribution in [-0.4, -0.2) is 55.1 Å². The number of aromatic nitrogens is 1. The van der Waals surface area contributed by atoms with Crippen molar-refractivity contribution in [3.05, 3.63) is 59.8 Å². The molecule has 6 nitrogen and oxygen atoms in total. The molecule has 4 rings (SSSR count). The van der Waals surface area contributed by atoms with E-state index in [2.05, 4.69) is 74.8 Å². The first-order chi connectivity index (χ1) is 15.7. The highest BCUT2D eigenvalue weighted by molar-refractivity contribution is 5.79. The van der Waals surface area contributed by atoms with Gasteiger partial charge in [0.1, 0.15) is 5.82 Å². The van der Waals surface area contributed by atoms with Gasteiger partial charge in [0.25, 0.3) is 0 Å². The summed E-state index contributed by atoms with van der Waals surface area (Å²) in [5.74, 6) is 2.82. The molecule has 0 bridgehead atoms. The van der Waals surface area contributed by atoms with Gasteiger partial charge in [-0.3, -0.25) is 9.89 Å². The summed E-state index contributed by atoms with van der Waals surface area (Å²) in [6, 6.07) is 15.6. The molecule has 1 aromatic carbocycles. The van der Waals surface area contributed by atoms with Crippen LogP contribution in [0.3, 0.4) is 0 Å². The monoisotopic (exact) mass is 434 g/mol. The Balaban J connectivity index is 1.19. The first-order valence-corrected chi connectivity index (χ1v) is 12.1. The highest BCUT2D eigenvalue weighted by atomic mass is 15.2. The molecule has 3 heterocycles. The zero-order valence-corrected chi connectivity index (χ0v) is 19.6. The zero-order valence-electron chi connectivity index (χ0n) is 19.6. The predicted octanol–water partition coefficient (Wildman–Crippen LogP) is 3.65. The third kappa shape index (κ3) is 6.45. The van der Waals surface area contributed by atoms with Gasteiger partial charge in [-0.15, -0.1) is 0 Å². The number of rotatable bonds is 6. The Morgan fingerprint density at radius 1 is 0.969 bits per heavy atom. The van der Waals surface area contributed by atoms with E-state index >= 15 is 0 Å². The van der Waals surface area contributed by atoms with Crippen LogP contribution in [0.2, 0.25) is 0 Å². The molecule has 6 heteroatoms. The smallest absolute Gasteiger partial charge is 0.191 e. The van der Waals surface area contributed by atoms with Crippen LogP contribution in [0.15, 0.2) is 53.7 Å². The molecular formula is C26H38N6. The molecule has 32 heavy (non-hydrogen) atoms. The summed E-state index contributed by atoms with van der Waals surface area (Å²) in [5, 5.41) is 7.07. The summed E-state index contributed by atoms with van der Waals surface area (Å²) in [6.07, 6.45) is 6.79. The molecule has 2 aliphatic rings. The van der Waals surface area contributed by atoms with Crippen LogP contribution in [0.25, 0.3) is 0 Å². The van der Waals surface area contributed by atoms with Gasteiger partial charge in [0.2, 0.25) is 0 Å². The van der Waals surface area contributed by atoms with Crippen LogP contribution in [-0.2, 0) is 13.1 Å². The maximum absolute atomic E-state index is 4.71. The highest BCUT2D eigenvalue weighted by Crippen LogP contribution is 2.21. The third-order valence-corrected chi connectivity index (χ3v) is 6.78. The lowest BCUT2D eigenvalue weighted by atomic mass is 9.99. The molecule has 2 fully saturated rings. The number of nitrogens with zero attached hydrogens (tertiary/aromatic N) is 4. The number of aliphatic imine (C=N–C) groups is 1. The summed E-state index contributed by atoms with van der Waals surface area (Å²) in [5.41, 5.74) is 2.57. The van der Waals surface area contributed by atoms with Gasteiger partial charge in [0.15, 0.2) is 5.96 Å². The average molecular weight is 435 g/mol. The first-order valence-electron chi connectivity index (χ1n) is 12.1. The number of likely N-dealkylation sites (tertiary alicyclic amines) is 1. The standard InChI is InChI=1S/C26H38N6/c1-21-10-16-32(17-11-21)25-9-8-23(18-28-25)19-29-26(27-2)30-24-12-14-31(15-13-24)20-22-6-4-3-5-7-22/h3-9,18,21,24H,10-17,19-20H2,1-2H3,(H2,27,29,30). The van der Waals surface area contributed by atoms with Crippen molar-refractivity contribution in [2.45, 2.75) is 51.7 Å². The number of nitrogens with one attached hydrogen (secondary N) is 2. The maximum Gasteiger partial charge on any atom is 0.191 e. The number of benzene rings is 1. The van der Waals surface area contributed by atoms with Crippen LogP contribution in [0, 0.1) is 5.92 Å². The van der Waals surface area contributed by atoms with Crippen molar-refractivity contribution in [2.75, 3.05) is 38.1 Å². The van der Waals surface area contributed by atoms with Crippen LogP contribution < -0.4 is 15.5 Å². The topological polar surface area (TPSA) is 55.8 Å². The molecule has 0 unspecified atom stereocenters. The van der Waals surface area contributed by atoms with Gasteiger partial charge >= 0.3 is 0 Å². The summed E-state index contributed by atoms with van der Waals surface area (Å²) < 4.78 is 0. The van der Waals surface area contributed by atoms with Crippen molar-refractivity contribution < 1.29 is 0 Å². The molecular weight excluding hydrogens is 396 g/mol. The van der Waals surface area contributed by atoms with E-state index in [0.29, 0.717) is 6.04 Å². The Hall–Kier alpha value is -2.60. The number of hydrogen-bond donors (Lipinski definition) is 2. The summed E-state index contributed by atoms with van der Waals surface area (Å²) >= 11 is 0. The van der Waals surface area contributed by atoms with E-state index in [9.17, 15) is 0 Å². The van der Waals surface area contributed by atoms with Gasteiger partial charge in [-0.25, -0.2) is 4.98 Å². The van der Waals surface area contributed by atoms with E-state index in [1.807, 2.05) is 13.2 Å². The fourth-order valence-electron chi connectivity index (χ4n) is 4.60. The number of pyridine rings is 1. The van der Waals surface area contributed by atoms with Crippen LogP contribution in [0.5, 0.6) is 0 Å². The van der Waals surface area contributed by atoms with Gasteiger partial charge in [0.05, 0.1) is 0 Å². The Bertz CT molecular complexity index is 834. The van der Waals surface area contributed by atoms with E-state index in [-0.39, 0.29) is 0 Å². The number of piperidine rings is 2. The molecule has 1 aromatic heterocycles. The minimum Gasteiger partial charge on any atom is -0.357 e. The van der Waals surface area contributed by atoms with E-state index < -0.39 is 0 Å². The fourth-order valence-corrected chi connectivity index (χ4v) is 4.60. The van der Waals surface area contributed by atoms with Crippen molar-refractivity contribution in [3.8, 4) is 0 Å². The second kappa shape index (κ2) is 11.3. The van der Waals surface area contributed by atoms with Crippen LogP contribution in [0.1, 0.15) is 43.7 Å². The minimum atomic E-state index is 0.468. The van der Waals surface area contributed by atoms with Gasteiger partial charge in [0, 0.05) is 58.6 Å². The molecule has 2 N–H and O–H groups in total. The molecule has 0 atom stereocenters. The first kappa shape index (κ1) is 22.6. The molecule has 0 saturated carbocycles. The van der Waals surface area contributed by atoms with Gasteiger partial charge in [-0.05, 0) is 48.8 Å². The summed E-state index contributed by atoms with van der Waals surface area (Å²) in [7, 11) is 1.85. The Kier molecular flexibility index (Phi) is 7.99. The molecule has 0 amide bonds. The second-order valence-electron chi connectivity index (χ2n) is 9.30. The largest absolute Gasteiger partial charge is 0.357 e. The number of anilines is 1. The van der Waals surface area contributed by atoms with Crippen LogP contribution >= 0.6 is 0 Å². The predicted molar refractivity (Wildman–Crippen MR) is 133 cm³/mol. The average Bonchev–Trinajstić information content (AvgIpc) is 2.84. The molecule has 2 saturated heterocycles. The van der Waals surface area contributed by atoms with Crippen molar-refractivity contribution >= 4 is 11.8 Å². The van der Waals surface area contributed by atoms with Crippen molar-refractivity contribution in [1.82, 2.24) is 20.5 Å². The van der Waals surface area contributed by atoms with E-state index in [4.69, 9.17) is 4.98 Å². The SMILES string of the molecule is CN=C(NCc1ccc(N2CCC(C)CC2)nc1)NC1CCN(Cc2ccccc2)CC1. The summed E-state index contributed by atoms with van der Waals surface area (Å²) in [6.45, 7) is 8.58. The summed E-state index contributed by atoms with van der Waals surface area (Å²) in [4.78, 5) is 14.1. The quantitative estimate of drug-likeness (QED) is 0.537. The lowest BCUT2D eigenvalue weighted by molar-refractivity contribution is 0.198. The molecule has 0 aliphatic carbocycles. The Morgan fingerprint density at radius 2 is 1.72 bits per heavy atom. The normalized spacial score (nSPS) is 19.2. The molecule has 172 valence electrons. The molecule has 0 spiro atoms. The van der Waals surface area contributed by atoms with E-state index in [0.717, 1.165) is 69.8 Å². The molecule has 2 aliphatic heterocycles. The lowest BCUT2D eigenvalue weighted by Crippen LogP contribution is -2.48. The van der Waals surface area contributed by atoms with Crippen LogP contribution in [0.4, 0.5) is 5.82 Å². The number of guanidine groups is 1. The van der Waals surface area contributed by atoms with E-state index in [1.54, 1.807) is 0 Å².